The molecule has 1 aliphatic rings. The summed E-state index contributed by atoms with van der Waals surface area (Å²) in [5.74, 6) is 0. The van der Waals surface area contributed by atoms with E-state index in [1.807, 2.05) is 5.32 Å². The zero-order chi connectivity index (χ0) is 12.9. The Balaban J connectivity index is 2.26. The van der Waals surface area contributed by atoms with Crippen LogP contribution in [0.1, 0.15) is 19.3 Å². The number of alkyl halides is 3. The molecule has 7 heteroatoms. The molecule has 100 valence electrons. The third-order valence-electron chi connectivity index (χ3n) is 2.54. The molecule has 17 heavy (non-hydrogen) atoms. The number of likely N-dealkylation sites (N-methyl/N-ethyl adjacent to an activating group) is 1. The minimum absolute atomic E-state index is 0.0645. The molecule has 0 aromatic heterocycles. The summed E-state index contributed by atoms with van der Waals surface area (Å²) in [6.45, 7) is -0.325. The molecule has 0 aromatic rings. The van der Waals surface area contributed by atoms with Crippen molar-refractivity contribution in [3.63, 3.8) is 0 Å². The maximum atomic E-state index is 11.9. The molecule has 0 bridgehead atoms. The topological polar surface area (TPSA) is 41.6 Å². The Hall–Kier alpha value is -0.980. The Bertz CT molecular complexity index is 252. The first-order chi connectivity index (χ1) is 7.88. The lowest BCUT2D eigenvalue weighted by Gasteiger charge is -2.27. The fourth-order valence-electron chi connectivity index (χ4n) is 1.65. The highest BCUT2D eigenvalue weighted by Crippen LogP contribution is 2.14. The molecule has 1 fully saturated rings. The largest absolute Gasteiger partial charge is 0.405 e. The molecule has 0 aromatic carbocycles. The minimum Gasteiger partial charge on any atom is -0.376 e. The fourth-order valence-corrected chi connectivity index (χ4v) is 1.65. The van der Waals surface area contributed by atoms with Crippen molar-refractivity contribution in [2.45, 2.75) is 31.5 Å². The van der Waals surface area contributed by atoms with Gasteiger partial charge in [0.1, 0.15) is 6.54 Å². The summed E-state index contributed by atoms with van der Waals surface area (Å²) in [6.07, 6.45) is -1.57. The Morgan fingerprint density at radius 1 is 1.47 bits per heavy atom. The van der Waals surface area contributed by atoms with Gasteiger partial charge in [-0.25, -0.2) is 4.79 Å². The molecule has 0 spiro atoms. The maximum absolute atomic E-state index is 11.9. The zero-order valence-corrected chi connectivity index (χ0v) is 9.72. The smallest absolute Gasteiger partial charge is 0.376 e. The Labute approximate surface area is 98.1 Å². The monoisotopic (exact) mass is 254 g/mol. The van der Waals surface area contributed by atoms with Crippen molar-refractivity contribution in [2.24, 2.45) is 0 Å². The van der Waals surface area contributed by atoms with Gasteiger partial charge in [-0.3, -0.25) is 0 Å². The number of urea groups is 1. The first kappa shape index (κ1) is 14.1. The van der Waals surface area contributed by atoms with Gasteiger partial charge >= 0.3 is 12.2 Å². The highest BCUT2D eigenvalue weighted by atomic mass is 19.4. The number of carbonyl (C=O) groups is 1. The number of amides is 2. The molecule has 2 amide bonds. The van der Waals surface area contributed by atoms with Gasteiger partial charge < -0.3 is 15.0 Å². The third-order valence-corrected chi connectivity index (χ3v) is 2.54. The van der Waals surface area contributed by atoms with Crippen LogP contribution < -0.4 is 5.32 Å². The molecule has 0 aliphatic carbocycles. The van der Waals surface area contributed by atoms with Gasteiger partial charge in [0.2, 0.25) is 0 Å². The fraction of sp³-hybridized carbons (Fsp3) is 0.900. The van der Waals surface area contributed by atoms with Gasteiger partial charge in [0.25, 0.3) is 0 Å². The van der Waals surface area contributed by atoms with Gasteiger partial charge in [-0.05, 0) is 19.3 Å². The van der Waals surface area contributed by atoms with Crippen molar-refractivity contribution in [3.8, 4) is 0 Å². The standard InChI is InChI=1S/C10H17F3N2O2/c1-15(6-8-4-2-3-5-17-8)9(16)14-7-10(11,12)13/h8H,2-7H2,1H3,(H,14,16). The maximum Gasteiger partial charge on any atom is 0.405 e. The van der Waals surface area contributed by atoms with Crippen molar-refractivity contribution in [2.75, 3.05) is 26.7 Å². The third kappa shape index (κ3) is 5.76. The summed E-state index contributed by atoms with van der Waals surface area (Å²) in [5.41, 5.74) is 0. The number of ether oxygens (including phenoxy) is 1. The van der Waals surface area contributed by atoms with E-state index in [2.05, 4.69) is 0 Å². The predicted octanol–water partition coefficient (Wildman–Crippen LogP) is 1.76. The Morgan fingerprint density at radius 3 is 2.71 bits per heavy atom. The van der Waals surface area contributed by atoms with Crippen LogP contribution in [0.2, 0.25) is 0 Å². The van der Waals surface area contributed by atoms with Gasteiger partial charge in [0, 0.05) is 20.2 Å². The van der Waals surface area contributed by atoms with Crippen LogP contribution in [0.4, 0.5) is 18.0 Å². The summed E-state index contributed by atoms with van der Waals surface area (Å²) in [7, 11) is 1.46. The molecule has 4 nitrogen and oxygen atoms in total. The van der Waals surface area contributed by atoms with E-state index < -0.39 is 18.8 Å². The van der Waals surface area contributed by atoms with Crippen molar-refractivity contribution in [1.82, 2.24) is 10.2 Å². The van der Waals surface area contributed by atoms with Crippen LogP contribution in [-0.2, 0) is 4.74 Å². The quantitative estimate of drug-likeness (QED) is 0.833. The van der Waals surface area contributed by atoms with Crippen LogP contribution in [0.5, 0.6) is 0 Å². The summed E-state index contributed by atoms with van der Waals surface area (Å²) < 4.78 is 41.0. The molecule has 1 unspecified atom stereocenters. The van der Waals surface area contributed by atoms with Crippen LogP contribution in [-0.4, -0.2) is 50.0 Å². The molecule has 0 radical (unpaired) electrons. The molecule has 1 rings (SSSR count). The molecule has 1 aliphatic heterocycles. The van der Waals surface area contributed by atoms with E-state index in [9.17, 15) is 18.0 Å². The van der Waals surface area contributed by atoms with Gasteiger partial charge in [0.15, 0.2) is 0 Å². The second-order valence-electron chi connectivity index (χ2n) is 4.14. The highest BCUT2D eigenvalue weighted by molar-refractivity contribution is 5.73. The second kappa shape index (κ2) is 6.09. The van der Waals surface area contributed by atoms with Crippen molar-refractivity contribution in [1.29, 1.82) is 0 Å². The van der Waals surface area contributed by atoms with E-state index in [0.717, 1.165) is 19.3 Å². The van der Waals surface area contributed by atoms with Crippen LogP contribution in [0.3, 0.4) is 0 Å². The van der Waals surface area contributed by atoms with Crippen LogP contribution in [0, 0.1) is 0 Å². The summed E-state index contributed by atoms with van der Waals surface area (Å²) in [4.78, 5) is 12.5. The van der Waals surface area contributed by atoms with E-state index in [1.54, 1.807) is 0 Å². The molecule has 1 saturated heterocycles. The van der Waals surface area contributed by atoms with E-state index >= 15 is 0 Å². The lowest BCUT2D eigenvalue weighted by molar-refractivity contribution is -0.123. The van der Waals surface area contributed by atoms with Crippen LogP contribution >= 0.6 is 0 Å². The molecular weight excluding hydrogens is 237 g/mol. The number of nitrogens with zero attached hydrogens (tertiary/aromatic N) is 1. The highest BCUT2D eigenvalue weighted by Gasteiger charge is 2.28. The number of halogens is 3. The predicted molar refractivity (Wildman–Crippen MR) is 55.7 cm³/mol. The van der Waals surface area contributed by atoms with E-state index in [1.165, 1.54) is 11.9 Å². The molecular formula is C10H17F3N2O2. The average Bonchev–Trinajstić information content (AvgIpc) is 2.26. The van der Waals surface area contributed by atoms with E-state index in [0.29, 0.717) is 13.2 Å². The summed E-state index contributed by atoms with van der Waals surface area (Å²) >= 11 is 0. The number of hydrogen-bond acceptors (Lipinski definition) is 2. The molecule has 1 heterocycles. The van der Waals surface area contributed by atoms with Crippen LogP contribution in [0.15, 0.2) is 0 Å². The Kier molecular flexibility index (Phi) is 5.04. The first-order valence-corrected chi connectivity index (χ1v) is 5.56. The number of nitrogens with one attached hydrogen (secondary N) is 1. The van der Waals surface area contributed by atoms with Gasteiger partial charge in [-0.2, -0.15) is 13.2 Å². The number of rotatable bonds is 3. The lowest BCUT2D eigenvalue weighted by atomic mass is 10.1. The van der Waals surface area contributed by atoms with Crippen LogP contribution in [0.25, 0.3) is 0 Å². The second-order valence-corrected chi connectivity index (χ2v) is 4.14. The van der Waals surface area contributed by atoms with Gasteiger partial charge in [0.05, 0.1) is 6.10 Å². The minimum atomic E-state index is -4.38. The van der Waals surface area contributed by atoms with Gasteiger partial charge in [-0.1, -0.05) is 0 Å². The molecule has 1 N–H and O–H groups in total. The SMILES string of the molecule is CN(CC1CCCCO1)C(=O)NCC(F)(F)F. The molecule has 0 saturated carbocycles. The number of carbonyl (C=O) groups excluding carboxylic acids is 1. The molecule has 1 atom stereocenters. The van der Waals surface area contributed by atoms with Crippen molar-refractivity contribution in [3.05, 3.63) is 0 Å². The van der Waals surface area contributed by atoms with Crippen molar-refractivity contribution < 1.29 is 22.7 Å². The Morgan fingerprint density at radius 2 is 2.18 bits per heavy atom. The van der Waals surface area contributed by atoms with E-state index in [-0.39, 0.29) is 6.10 Å². The van der Waals surface area contributed by atoms with Crippen molar-refractivity contribution >= 4 is 6.03 Å². The summed E-state index contributed by atoms with van der Waals surface area (Å²) in [6, 6.07) is -0.725. The number of hydrogen-bond donors (Lipinski definition) is 1. The average molecular weight is 254 g/mol. The normalized spacial score (nSPS) is 21.1. The van der Waals surface area contributed by atoms with E-state index in [4.69, 9.17) is 4.74 Å². The zero-order valence-electron chi connectivity index (χ0n) is 9.72. The summed E-state index contributed by atoms with van der Waals surface area (Å²) in [5, 5.41) is 1.82. The first-order valence-electron chi connectivity index (χ1n) is 5.56. The lowest BCUT2D eigenvalue weighted by Crippen LogP contribution is -2.45. The van der Waals surface area contributed by atoms with Gasteiger partial charge in [-0.15, -0.1) is 0 Å².